The summed E-state index contributed by atoms with van der Waals surface area (Å²) in [4.78, 5) is 19.2. The average molecular weight is 428 g/mol. The molecule has 31 heavy (non-hydrogen) atoms. The zero-order valence-electron chi connectivity index (χ0n) is 17.7. The van der Waals surface area contributed by atoms with Crippen LogP contribution >= 0.6 is 12.2 Å². The standard InChI is InChI=1S/C26H25N3OS/c1-3-27(4-2)21-17-15-20(16-18-21)19-24-25(30)29(23-13-9-6-10-14-23)26(31)28(24)22-11-7-5-8-12-22/h5-19H,3-4H2,1-2H3/b24-19-. The third-order valence-corrected chi connectivity index (χ3v) is 5.76. The lowest BCUT2D eigenvalue weighted by atomic mass is 10.1. The minimum Gasteiger partial charge on any atom is -0.372 e. The fourth-order valence-electron chi connectivity index (χ4n) is 3.79. The van der Waals surface area contributed by atoms with Crippen molar-refractivity contribution < 1.29 is 4.79 Å². The summed E-state index contributed by atoms with van der Waals surface area (Å²) < 4.78 is 0. The minimum atomic E-state index is -0.132. The van der Waals surface area contributed by atoms with Crippen LogP contribution in [0.2, 0.25) is 0 Å². The molecule has 0 N–H and O–H groups in total. The van der Waals surface area contributed by atoms with Gasteiger partial charge in [-0.05, 0) is 74.1 Å². The number of thiocarbonyl (C=S) groups is 1. The Bertz CT molecular complexity index is 1090. The molecule has 3 aromatic carbocycles. The predicted octanol–water partition coefficient (Wildman–Crippen LogP) is 5.71. The minimum absolute atomic E-state index is 0.132. The van der Waals surface area contributed by atoms with Crippen molar-refractivity contribution in [1.29, 1.82) is 0 Å². The van der Waals surface area contributed by atoms with Crippen molar-refractivity contribution in [3.8, 4) is 0 Å². The van der Waals surface area contributed by atoms with Gasteiger partial charge in [-0.2, -0.15) is 0 Å². The Kier molecular flexibility index (Phi) is 6.14. The van der Waals surface area contributed by atoms with E-state index in [0.717, 1.165) is 30.0 Å². The highest BCUT2D eigenvalue weighted by Gasteiger charge is 2.39. The number of amides is 1. The van der Waals surface area contributed by atoms with Gasteiger partial charge in [0.1, 0.15) is 5.70 Å². The SMILES string of the molecule is CCN(CC)c1ccc(/C=C2/C(=O)N(c3ccccc3)C(=S)N2c2ccccc2)cc1. The van der Waals surface area contributed by atoms with Crippen molar-refractivity contribution in [2.75, 3.05) is 27.8 Å². The Morgan fingerprint density at radius 2 is 1.29 bits per heavy atom. The Labute approximate surface area is 189 Å². The molecule has 3 aromatic rings. The maximum atomic E-state index is 13.5. The normalized spacial score (nSPS) is 15.1. The second-order valence-electron chi connectivity index (χ2n) is 7.22. The molecule has 0 unspecified atom stereocenters. The molecule has 0 aliphatic carbocycles. The molecule has 0 saturated carbocycles. The molecule has 1 aliphatic rings. The topological polar surface area (TPSA) is 26.8 Å². The van der Waals surface area contributed by atoms with Crippen molar-refractivity contribution in [1.82, 2.24) is 0 Å². The number of hydrogen-bond donors (Lipinski definition) is 0. The monoisotopic (exact) mass is 427 g/mol. The van der Waals surface area contributed by atoms with Crippen LogP contribution in [0.4, 0.5) is 17.1 Å². The molecule has 1 amide bonds. The molecular weight excluding hydrogens is 402 g/mol. The van der Waals surface area contributed by atoms with Gasteiger partial charge in [-0.25, -0.2) is 0 Å². The molecule has 1 saturated heterocycles. The Balaban J connectivity index is 1.76. The second kappa shape index (κ2) is 9.14. The highest BCUT2D eigenvalue weighted by atomic mass is 32.1. The van der Waals surface area contributed by atoms with E-state index in [0.29, 0.717) is 10.8 Å². The van der Waals surface area contributed by atoms with Crippen LogP contribution in [-0.4, -0.2) is 24.1 Å². The summed E-state index contributed by atoms with van der Waals surface area (Å²) in [6.07, 6.45) is 1.91. The number of benzene rings is 3. The first-order chi connectivity index (χ1) is 15.1. The number of rotatable bonds is 6. The summed E-state index contributed by atoms with van der Waals surface area (Å²) in [6, 6.07) is 27.6. The highest BCUT2D eigenvalue weighted by Crippen LogP contribution is 2.33. The molecule has 5 heteroatoms. The van der Waals surface area contributed by atoms with E-state index in [1.165, 1.54) is 5.69 Å². The Morgan fingerprint density at radius 3 is 1.81 bits per heavy atom. The van der Waals surface area contributed by atoms with Gasteiger partial charge < -0.3 is 4.90 Å². The van der Waals surface area contributed by atoms with E-state index in [9.17, 15) is 4.79 Å². The lowest BCUT2D eigenvalue weighted by molar-refractivity contribution is -0.113. The molecule has 0 radical (unpaired) electrons. The van der Waals surface area contributed by atoms with Gasteiger partial charge in [0.25, 0.3) is 5.91 Å². The fourth-order valence-corrected chi connectivity index (χ4v) is 4.18. The summed E-state index contributed by atoms with van der Waals surface area (Å²) in [5, 5.41) is 0.452. The van der Waals surface area contributed by atoms with Crippen LogP contribution in [0.15, 0.2) is 90.6 Å². The molecule has 4 nitrogen and oxygen atoms in total. The number of carbonyl (C=O) groups is 1. The predicted molar refractivity (Wildman–Crippen MR) is 133 cm³/mol. The first-order valence-electron chi connectivity index (χ1n) is 10.5. The maximum absolute atomic E-state index is 13.5. The lowest BCUT2D eigenvalue weighted by Crippen LogP contribution is -2.32. The van der Waals surface area contributed by atoms with Crippen molar-refractivity contribution in [2.45, 2.75) is 13.8 Å². The smallest absolute Gasteiger partial charge is 0.281 e. The number of para-hydroxylation sites is 2. The summed E-state index contributed by atoms with van der Waals surface area (Å²) >= 11 is 5.77. The molecular formula is C26H25N3OS. The fraction of sp³-hybridized carbons (Fsp3) is 0.154. The van der Waals surface area contributed by atoms with Crippen molar-refractivity contribution in [3.05, 3.63) is 96.2 Å². The number of nitrogens with zero attached hydrogens (tertiary/aromatic N) is 3. The first kappa shape index (κ1) is 20.8. The molecule has 0 aromatic heterocycles. The van der Waals surface area contributed by atoms with Crippen LogP contribution in [0.25, 0.3) is 6.08 Å². The van der Waals surface area contributed by atoms with Gasteiger partial charge in [-0.3, -0.25) is 14.6 Å². The van der Waals surface area contributed by atoms with E-state index in [1.54, 1.807) is 4.90 Å². The van der Waals surface area contributed by atoms with Gasteiger partial charge in [-0.15, -0.1) is 0 Å². The van der Waals surface area contributed by atoms with Crippen LogP contribution in [-0.2, 0) is 4.79 Å². The molecule has 1 heterocycles. The van der Waals surface area contributed by atoms with E-state index in [1.807, 2.05) is 83.8 Å². The van der Waals surface area contributed by atoms with Crippen molar-refractivity contribution >= 4 is 46.4 Å². The summed E-state index contributed by atoms with van der Waals surface area (Å²) in [7, 11) is 0. The summed E-state index contributed by atoms with van der Waals surface area (Å²) in [6.45, 7) is 6.20. The molecule has 4 rings (SSSR count). The van der Waals surface area contributed by atoms with Gasteiger partial charge in [0.15, 0.2) is 5.11 Å². The second-order valence-corrected chi connectivity index (χ2v) is 7.59. The maximum Gasteiger partial charge on any atom is 0.281 e. The third kappa shape index (κ3) is 4.09. The van der Waals surface area contributed by atoms with Crippen LogP contribution in [0.5, 0.6) is 0 Å². The molecule has 1 aliphatic heterocycles. The molecule has 0 bridgehead atoms. The lowest BCUT2D eigenvalue weighted by Gasteiger charge is -2.21. The zero-order valence-corrected chi connectivity index (χ0v) is 18.5. The van der Waals surface area contributed by atoms with Gasteiger partial charge in [0, 0.05) is 24.5 Å². The van der Waals surface area contributed by atoms with Crippen LogP contribution in [0.1, 0.15) is 19.4 Å². The summed E-state index contributed by atoms with van der Waals surface area (Å²) in [5.74, 6) is -0.132. The number of carbonyl (C=O) groups excluding carboxylic acids is 1. The van der Waals surface area contributed by atoms with E-state index >= 15 is 0 Å². The van der Waals surface area contributed by atoms with Crippen LogP contribution in [0, 0.1) is 0 Å². The Morgan fingerprint density at radius 1 is 0.774 bits per heavy atom. The molecule has 1 fully saturated rings. The first-order valence-corrected chi connectivity index (χ1v) is 10.9. The van der Waals surface area contributed by atoms with Gasteiger partial charge in [0.05, 0.1) is 5.69 Å². The van der Waals surface area contributed by atoms with Crippen molar-refractivity contribution in [2.24, 2.45) is 0 Å². The number of anilines is 3. The largest absolute Gasteiger partial charge is 0.372 e. The van der Waals surface area contributed by atoms with Crippen molar-refractivity contribution in [3.63, 3.8) is 0 Å². The average Bonchev–Trinajstić information content (AvgIpc) is 3.06. The van der Waals surface area contributed by atoms with E-state index in [-0.39, 0.29) is 5.91 Å². The molecule has 0 atom stereocenters. The van der Waals surface area contributed by atoms with Crippen LogP contribution in [0.3, 0.4) is 0 Å². The van der Waals surface area contributed by atoms with E-state index in [4.69, 9.17) is 12.2 Å². The van der Waals surface area contributed by atoms with Crippen LogP contribution < -0.4 is 14.7 Å². The van der Waals surface area contributed by atoms with E-state index in [2.05, 4.69) is 30.9 Å². The summed E-state index contributed by atoms with van der Waals surface area (Å²) in [5.41, 5.74) is 4.30. The Hall–Kier alpha value is -3.44. The zero-order chi connectivity index (χ0) is 21.8. The highest BCUT2D eigenvalue weighted by molar-refractivity contribution is 7.81. The van der Waals surface area contributed by atoms with Gasteiger partial charge in [-0.1, -0.05) is 48.5 Å². The number of hydrogen-bond acceptors (Lipinski definition) is 3. The third-order valence-electron chi connectivity index (χ3n) is 5.40. The quantitative estimate of drug-likeness (QED) is 0.372. The van der Waals surface area contributed by atoms with E-state index < -0.39 is 0 Å². The van der Waals surface area contributed by atoms with Gasteiger partial charge in [0.2, 0.25) is 0 Å². The molecule has 0 spiro atoms. The molecule has 156 valence electrons. The van der Waals surface area contributed by atoms with Gasteiger partial charge >= 0.3 is 0 Å².